The molecule has 1 saturated heterocycles. The molecule has 1 N–H and O–H groups in total. The molecular formula is C34H26N4O5S. The van der Waals surface area contributed by atoms with Crippen molar-refractivity contribution in [2.75, 3.05) is 12.0 Å². The number of aryl methyl sites for hydroxylation is 1. The van der Waals surface area contributed by atoms with Gasteiger partial charge in [0, 0.05) is 6.20 Å². The quantitative estimate of drug-likeness (QED) is 0.127. The number of ether oxygens (including phenoxy) is 2. The summed E-state index contributed by atoms with van der Waals surface area (Å²) in [7, 11) is 1.58. The monoisotopic (exact) mass is 602 g/mol. The summed E-state index contributed by atoms with van der Waals surface area (Å²) in [6.45, 7) is 2.15. The number of carbonyl (C=O) groups excluding carboxylic acids is 2. The molecule has 1 atom stereocenters. The lowest BCUT2D eigenvalue weighted by Crippen LogP contribution is -2.29. The average Bonchev–Trinajstić information content (AvgIpc) is 3.70. The summed E-state index contributed by atoms with van der Waals surface area (Å²) < 4.78 is 13.8. The molecule has 1 unspecified atom stereocenters. The largest absolute Gasteiger partial charge is 0.505 e. The number of thiazole rings is 1. The molecule has 3 aromatic heterocycles. The highest BCUT2D eigenvalue weighted by Crippen LogP contribution is 2.45. The Morgan fingerprint density at radius 3 is 2.45 bits per heavy atom. The van der Waals surface area contributed by atoms with Crippen LogP contribution in [-0.4, -0.2) is 38.3 Å². The van der Waals surface area contributed by atoms with Gasteiger partial charge in [-0.25, -0.2) is 9.97 Å². The van der Waals surface area contributed by atoms with Crippen molar-refractivity contribution in [3.63, 3.8) is 0 Å². The number of ketones is 1. The molecule has 10 heteroatoms. The molecule has 44 heavy (non-hydrogen) atoms. The van der Waals surface area contributed by atoms with Crippen LogP contribution in [0.1, 0.15) is 28.6 Å². The van der Waals surface area contributed by atoms with E-state index >= 15 is 0 Å². The molecule has 218 valence electrons. The number of Topliss-reactive ketones (excluding diaryl/α,β-unsaturated/α-hetero) is 1. The van der Waals surface area contributed by atoms with Crippen LogP contribution >= 0.6 is 11.3 Å². The molecule has 3 aromatic carbocycles. The molecule has 1 aliphatic heterocycles. The first-order valence-corrected chi connectivity index (χ1v) is 14.7. The van der Waals surface area contributed by atoms with E-state index in [1.54, 1.807) is 61.0 Å². The van der Waals surface area contributed by atoms with Gasteiger partial charge in [-0.2, -0.15) is 0 Å². The lowest BCUT2D eigenvalue weighted by Gasteiger charge is -2.23. The van der Waals surface area contributed by atoms with E-state index in [9.17, 15) is 14.7 Å². The number of anilines is 1. The Balaban J connectivity index is 1.35. The molecule has 7 rings (SSSR count). The number of aliphatic hydroxyl groups is 1. The van der Waals surface area contributed by atoms with Gasteiger partial charge in [0.2, 0.25) is 0 Å². The predicted octanol–water partition coefficient (Wildman–Crippen LogP) is 6.47. The van der Waals surface area contributed by atoms with Crippen molar-refractivity contribution in [3.8, 4) is 11.5 Å². The number of pyridine rings is 1. The van der Waals surface area contributed by atoms with Gasteiger partial charge in [-0.05, 0) is 60.5 Å². The molecule has 4 heterocycles. The van der Waals surface area contributed by atoms with Gasteiger partial charge in [0.05, 0.1) is 34.6 Å². The van der Waals surface area contributed by atoms with Crippen molar-refractivity contribution in [3.05, 3.63) is 125 Å². The standard InChI is InChI=1S/C34H26N4O5S/c1-20-29(37-17-7-6-10-27(37)35-20)31(39)28-30(22-11-13-23(14-12-22)43-19-21-8-4-3-5-9-21)38(33(41)32(28)40)34-36-25-16-15-24(42-2)18-26(25)44-34/h3-18,30,39H,19H2,1-2H3. The van der Waals surface area contributed by atoms with Crippen LogP contribution in [0.2, 0.25) is 0 Å². The fourth-order valence-corrected chi connectivity index (χ4v) is 6.50. The molecule has 9 nitrogen and oxygen atoms in total. The topological polar surface area (TPSA) is 106 Å². The van der Waals surface area contributed by atoms with Gasteiger partial charge in [0.15, 0.2) is 10.9 Å². The van der Waals surface area contributed by atoms with E-state index in [0.29, 0.717) is 51.4 Å². The number of carbonyl (C=O) groups is 2. The summed E-state index contributed by atoms with van der Waals surface area (Å²) in [4.78, 5) is 38.2. The summed E-state index contributed by atoms with van der Waals surface area (Å²) in [5, 5.41) is 12.1. The third kappa shape index (κ3) is 4.65. The Hall–Kier alpha value is -5.48. The van der Waals surface area contributed by atoms with Crippen molar-refractivity contribution in [2.24, 2.45) is 0 Å². The minimum Gasteiger partial charge on any atom is -0.505 e. The van der Waals surface area contributed by atoms with Crippen molar-refractivity contribution in [2.45, 2.75) is 19.6 Å². The Morgan fingerprint density at radius 1 is 0.932 bits per heavy atom. The maximum atomic E-state index is 13.8. The highest BCUT2D eigenvalue weighted by atomic mass is 32.1. The Bertz CT molecular complexity index is 2080. The molecule has 0 saturated carbocycles. The van der Waals surface area contributed by atoms with Crippen LogP contribution in [0.25, 0.3) is 21.6 Å². The van der Waals surface area contributed by atoms with Crippen molar-refractivity contribution < 1.29 is 24.2 Å². The van der Waals surface area contributed by atoms with Gasteiger partial charge in [-0.1, -0.05) is 59.9 Å². The Kier molecular flexibility index (Phi) is 6.83. The zero-order valence-corrected chi connectivity index (χ0v) is 24.6. The predicted molar refractivity (Wildman–Crippen MR) is 168 cm³/mol. The van der Waals surface area contributed by atoms with E-state index in [1.165, 1.54) is 16.2 Å². The first-order valence-electron chi connectivity index (χ1n) is 13.9. The molecule has 0 spiro atoms. The molecule has 0 bridgehead atoms. The third-order valence-electron chi connectivity index (χ3n) is 7.61. The smallest absolute Gasteiger partial charge is 0.301 e. The number of aliphatic hydroxyl groups excluding tert-OH is 1. The van der Waals surface area contributed by atoms with E-state index in [1.807, 2.05) is 54.6 Å². The van der Waals surface area contributed by atoms with Gasteiger partial charge >= 0.3 is 5.91 Å². The van der Waals surface area contributed by atoms with Crippen LogP contribution in [0.3, 0.4) is 0 Å². The van der Waals surface area contributed by atoms with Gasteiger partial charge in [0.1, 0.15) is 29.4 Å². The second-order valence-corrected chi connectivity index (χ2v) is 11.3. The van der Waals surface area contributed by atoms with Crippen LogP contribution < -0.4 is 14.4 Å². The van der Waals surface area contributed by atoms with Gasteiger partial charge in [-0.15, -0.1) is 0 Å². The number of amides is 1. The molecule has 0 radical (unpaired) electrons. The molecular weight excluding hydrogens is 576 g/mol. The lowest BCUT2D eigenvalue weighted by atomic mass is 9.96. The summed E-state index contributed by atoms with van der Waals surface area (Å²) in [6, 6.07) is 27.0. The van der Waals surface area contributed by atoms with Crippen LogP contribution in [0.5, 0.6) is 11.5 Å². The number of imidazole rings is 1. The number of benzene rings is 3. The molecule has 6 aromatic rings. The Morgan fingerprint density at radius 2 is 1.68 bits per heavy atom. The third-order valence-corrected chi connectivity index (χ3v) is 8.62. The number of hydrogen-bond acceptors (Lipinski definition) is 8. The lowest BCUT2D eigenvalue weighted by molar-refractivity contribution is -0.132. The second-order valence-electron chi connectivity index (χ2n) is 10.3. The van der Waals surface area contributed by atoms with Gasteiger partial charge in [-0.3, -0.25) is 18.9 Å². The van der Waals surface area contributed by atoms with Crippen LogP contribution in [0.15, 0.2) is 103 Å². The highest BCUT2D eigenvalue weighted by molar-refractivity contribution is 7.22. The molecule has 1 fully saturated rings. The number of methoxy groups -OCH3 is 1. The molecule has 1 amide bonds. The number of aromatic nitrogens is 3. The van der Waals surface area contributed by atoms with E-state index < -0.39 is 17.7 Å². The minimum atomic E-state index is -0.950. The summed E-state index contributed by atoms with van der Waals surface area (Å²) in [6.07, 6.45) is 1.76. The highest BCUT2D eigenvalue weighted by Gasteiger charge is 2.48. The van der Waals surface area contributed by atoms with Crippen molar-refractivity contribution in [1.29, 1.82) is 0 Å². The fraction of sp³-hybridized carbons (Fsp3) is 0.118. The second kappa shape index (κ2) is 11.0. The zero-order chi connectivity index (χ0) is 30.4. The first kappa shape index (κ1) is 27.4. The first-order chi connectivity index (χ1) is 21.4. The van der Waals surface area contributed by atoms with Crippen LogP contribution in [0, 0.1) is 6.92 Å². The van der Waals surface area contributed by atoms with Gasteiger partial charge < -0.3 is 14.6 Å². The molecule has 0 aliphatic carbocycles. The van der Waals surface area contributed by atoms with E-state index in [0.717, 1.165) is 10.3 Å². The van der Waals surface area contributed by atoms with E-state index in [-0.39, 0.29) is 11.3 Å². The number of hydrogen-bond donors (Lipinski definition) is 1. The van der Waals surface area contributed by atoms with E-state index in [2.05, 4.69) is 4.98 Å². The van der Waals surface area contributed by atoms with Crippen LogP contribution in [0.4, 0.5) is 5.13 Å². The summed E-state index contributed by atoms with van der Waals surface area (Å²) in [5.41, 5.74) is 3.74. The maximum absolute atomic E-state index is 13.8. The average molecular weight is 603 g/mol. The minimum absolute atomic E-state index is 0.0430. The van der Waals surface area contributed by atoms with Crippen LogP contribution in [-0.2, 0) is 16.2 Å². The SMILES string of the molecule is COc1ccc2nc(N3C(=O)C(=O)C(=C(O)c4c(C)nc5ccccn45)C3c3ccc(OCc4ccccc4)cc3)sc2c1. The van der Waals surface area contributed by atoms with Crippen molar-refractivity contribution in [1.82, 2.24) is 14.4 Å². The Labute approximate surface area is 256 Å². The number of rotatable bonds is 7. The summed E-state index contributed by atoms with van der Waals surface area (Å²) in [5.74, 6) is -0.614. The summed E-state index contributed by atoms with van der Waals surface area (Å²) >= 11 is 1.27. The van der Waals surface area contributed by atoms with E-state index in [4.69, 9.17) is 14.5 Å². The number of nitrogens with zero attached hydrogens (tertiary/aromatic N) is 4. The molecule has 1 aliphatic rings. The normalized spacial score (nSPS) is 16.2. The fourth-order valence-electron chi connectivity index (χ4n) is 5.48. The van der Waals surface area contributed by atoms with Gasteiger partial charge in [0.25, 0.3) is 5.78 Å². The number of fused-ring (bicyclic) bond motifs is 2. The van der Waals surface area contributed by atoms with Crippen molar-refractivity contribution >= 4 is 49.8 Å². The maximum Gasteiger partial charge on any atom is 0.301 e. The zero-order valence-electron chi connectivity index (χ0n) is 23.8.